The summed E-state index contributed by atoms with van der Waals surface area (Å²) in [5.74, 6) is 0.0710. The smallest absolute Gasteiger partial charge is 0.462 e. The molecule has 0 aliphatic heterocycles. The van der Waals surface area contributed by atoms with Gasteiger partial charge in [-0.05, 0) is 43.4 Å². The molecule has 0 saturated heterocycles. The topological polar surface area (TPSA) is 237 Å². The summed E-state index contributed by atoms with van der Waals surface area (Å²) >= 11 is 0. The van der Waals surface area contributed by atoms with Gasteiger partial charge in [0.2, 0.25) is 0 Å². The maximum atomic E-state index is 13.0. The van der Waals surface area contributed by atoms with Crippen LogP contribution in [0.15, 0.2) is 0 Å². The number of ether oxygens (including phenoxy) is 4. The van der Waals surface area contributed by atoms with Gasteiger partial charge in [-0.15, -0.1) is 0 Å². The van der Waals surface area contributed by atoms with E-state index in [2.05, 4.69) is 48.5 Å². The normalized spacial score (nSPS) is 14.4. The van der Waals surface area contributed by atoms with E-state index in [1.165, 1.54) is 109 Å². The number of unbranched alkanes of at least 4 members (excludes halogenated alkanes) is 29. The van der Waals surface area contributed by atoms with Gasteiger partial charge in [-0.25, -0.2) is 9.13 Å². The largest absolute Gasteiger partial charge is 0.472 e. The molecule has 0 radical (unpaired) electrons. The highest BCUT2D eigenvalue weighted by Crippen LogP contribution is 2.45. The first kappa shape index (κ1) is 80.1. The van der Waals surface area contributed by atoms with Crippen LogP contribution < -0.4 is 0 Å². The van der Waals surface area contributed by atoms with Gasteiger partial charge in [0.25, 0.3) is 0 Å². The number of hydrogen-bond acceptors (Lipinski definition) is 15. The fourth-order valence-corrected chi connectivity index (χ4v) is 10.9. The summed E-state index contributed by atoms with van der Waals surface area (Å²) in [4.78, 5) is 71.9. The first-order valence-electron chi connectivity index (χ1n) is 32.8. The van der Waals surface area contributed by atoms with Crippen molar-refractivity contribution in [2.75, 3.05) is 39.6 Å². The van der Waals surface area contributed by atoms with Crippen LogP contribution in [0.5, 0.6) is 0 Å². The third-order valence-corrected chi connectivity index (χ3v) is 16.3. The molecule has 0 aromatic carbocycles. The van der Waals surface area contributed by atoms with Crippen LogP contribution in [0.2, 0.25) is 0 Å². The van der Waals surface area contributed by atoms with Crippen LogP contribution in [0, 0.1) is 17.8 Å². The number of esters is 4. The molecule has 486 valence electrons. The minimum atomic E-state index is -4.94. The molecule has 0 aromatic rings. The third kappa shape index (κ3) is 57.2. The predicted molar refractivity (Wildman–Crippen MR) is 326 cm³/mol. The number of hydrogen-bond donors (Lipinski definition) is 3. The summed E-state index contributed by atoms with van der Waals surface area (Å²) in [6, 6.07) is 0. The highest BCUT2D eigenvalue weighted by molar-refractivity contribution is 7.47. The minimum absolute atomic E-state index is 0.102. The molecule has 0 aliphatic rings. The summed E-state index contributed by atoms with van der Waals surface area (Å²) in [5, 5.41) is 10.5. The maximum Gasteiger partial charge on any atom is 0.472 e. The molecule has 0 aliphatic carbocycles. The van der Waals surface area contributed by atoms with Gasteiger partial charge >= 0.3 is 39.5 Å². The Bertz CT molecular complexity index is 1630. The Labute approximate surface area is 498 Å². The molecule has 5 atom stereocenters. The summed E-state index contributed by atoms with van der Waals surface area (Å²) in [6.45, 7) is 11.6. The van der Waals surface area contributed by atoms with Crippen LogP contribution in [0.4, 0.5) is 0 Å². The monoisotopic (exact) mass is 1210 g/mol. The Morgan fingerprint density at radius 2 is 0.561 bits per heavy atom. The predicted octanol–water partition coefficient (Wildman–Crippen LogP) is 17.1. The molecule has 0 saturated carbocycles. The fraction of sp³-hybridized carbons (Fsp3) is 0.937. The Balaban J connectivity index is 5.19. The highest BCUT2D eigenvalue weighted by Gasteiger charge is 2.30. The average molecular weight is 1210 g/mol. The van der Waals surface area contributed by atoms with Crippen LogP contribution >= 0.6 is 15.6 Å². The van der Waals surface area contributed by atoms with Gasteiger partial charge in [-0.2, -0.15) is 0 Å². The minimum Gasteiger partial charge on any atom is -0.462 e. The molecule has 0 aromatic heterocycles. The molecule has 0 fully saturated rings. The molecular weight excluding hydrogens is 1090 g/mol. The molecule has 0 heterocycles. The van der Waals surface area contributed by atoms with Crippen molar-refractivity contribution in [2.24, 2.45) is 17.8 Å². The van der Waals surface area contributed by atoms with E-state index < -0.39 is 97.5 Å². The van der Waals surface area contributed by atoms with E-state index in [4.69, 9.17) is 37.0 Å². The van der Waals surface area contributed by atoms with E-state index >= 15 is 0 Å². The van der Waals surface area contributed by atoms with Crippen LogP contribution in [-0.2, 0) is 65.4 Å². The molecule has 2 unspecified atom stereocenters. The zero-order chi connectivity index (χ0) is 61.0. The van der Waals surface area contributed by atoms with Gasteiger partial charge in [-0.3, -0.25) is 37.3 Å². The molecule has 19 heteroatoms. The van der Waals surface area contributed by atoms with Crippen LogP contribution in [0.1, 0.15) is 305 Å². The van der Waals surface area contributed by atoms with Crippen molar-refractivity contribution < 1.29 is 80.2 Å². The van der Waals surface area contributed by atoms with Crippen molar-refractivity contribution >= 4 is 39.5 Å². The molecule has 82 heavy (non-hydrogen) atoms. The summed E-state index contributed by atoms with van der Waals surface area (Å²) in [5.41, 5.74) is 0. The van der Waals surface area contributed by atoms with Crippen molar-refractivity contribution in [3.05, 3.63) is 0 Å². The summed E-state index contributed by atoms with van der Waals surface area (Å²) in [7, 11) is -9.88. The number of carbonyl (C=O) groups is 4. The second-order valence-corrected chi connectivity index (χ2v) is 27.1. The Morgan fingerprint density at radius 1 is 0.329 bits per heavy atom. The SMILES string of the molecule is CCCCCCCC(=O)OC[C@H](COP(=O)(O)OC[C@H](O)COP(=O)(O)OC[C@@H](COC(=O)CCCCCCCCCCCCC(C)C)OC(=O)CCCCCCCCCCCCCC(C)C)OC(=O)CCCCCCCCCC(C)C. The molecule has 17 nitrogen and oxygen atoms in total. The van der Waals surface area contributed by atoms with E-state index in [0.29, 0.717) is 31.6 Å². The van der Waals surface area contributed by atoms with E-state index in [1.807, 2.05) is 0 Å². The van der Waals surface area contributed by atoms with E-state index in [1.54, 1.807) is 0 Å². The lowest BCUT2D eigenvalue weighted by Crippen LogP contribution is -2.30. The molecule has 3 N–H and O–H groups in total. The van der Waals surface area contributed by atoms with E-state index in [0.717, 1.165) is 108 Å². The Morgan fingerprint density at radius 3 is 0.829 bits per heavy atom. The fourth-order valence-electron chi connectivity index (χ4n) is 9.30. The Kier molecular flexibility index (Phi) is 53.2. The number of phosphoric ester groups is 2. The van der Waals surface area contributed by atoms with Gasteiger partial charge in [0.15, 0.2) is 12.2 Å². The molecule has 0 amide bonds. The van der Waals surface area contributed by atoms with E-state index in [-0.39, 0.29) is 25.7 Å². The number of aliphatic hydroxyl groups excluding tert-OH is 1. The third-order valence-electron chi connectivity index (χ3n) is 14.4. The number of aliphatic hydroxyl groups is 1. The molecule has 0 spiro atoms. The number of carbonyl (C=O) groups excluding carboxylic acids is 4. The first-order chi connectivity index (χ1) is 39.2. The van der Waals surface area contributed by atoms with Crippen molar-refractivity contribution in [1.82, 2.24) is 0 Å². The molecule has 0 rings (SSSR count). The zero-order valence-electron chi connectivity index (χ0n) is 52.9. The van der Waals surface area contributed by atoms with Crippen LogP contribution in [0.25, 0.3) is 0 Å². The quantitative estimate of drug-likeness (QED) is 0.0222. The maximum absolute atomic E-state index is 13.0. The van der Waals surface area contributed by atoms with Crippen molar-refractivity contribution in [2.45, 2.75) is 324 Å². The standard InChI is InChI=1S/C63H122O17P2/c1-8-9-10-27-37-44-60(65)73-50-58(79-63(68)47-40-33-26-20-23-30-36-43-56(6)7)52-77-81(69,70)75-48-57(64)49-76-82(71,72)78-53-59(51-74-61(66)45-38-31-24-18-15-14-17-22-29-35-42-55(4)5)80-62(67)46-39-32-25-19-13-11-12-16-21-28-34-41-54(2)3/h54-59,64H,8-53H2,1-7H3,(H,69,70)(H,71,72)/t57-,58+,59+/m0/s1. The molecule has 0 bridgehead atoms. The summed E-state index contributed by atoms with van der Waals surface area (Å²) < 4.78 is 67.8. The lowest BCUT2D eigenvalue weighted by molar-refractivity contribution is -0.161. The van der Waals surface area contributed by atoms with Gasteiger partial charge in [-0.1, -0.05) is 254 Å². The lowest BCUT2D eigenvalue weighted by atomic mass is 10.0. The Hall–Kier alpha value is -1.94. The zero-order valence-corrected chi connectivity index (χ0v) is 54.7. The van der Waals surface area contributed by atoms with Gasteiger partial charge in [0, 0.05) is 25.7 Å². The van der Waals surface area contributed by atoms with E-state index in [9.17, 15) is 43.2 Å². The van der Waals surface area contributed by atoms with Gasteiger partial charge in [0.05, 0.1) is 26.4 Å². The second kappa shape index (κ2) is 54.5. The lowest BCUT2D eigenvalue weighted by Gasteiger charge is -2.21. The average Bonchev–Trinajstić information content (AvgIpc) is 3.44. The van der Waals surface area contributed by atoms with Gasteiger partial charge in [0.1, 0.15) is 19.3 Å². The first-order valence-corrected chi connectivity index (χ1v) is 35.8. The van der Waals surface area contributed by atoms with Gasteiger partial charge < -0.3 is 33.8 Å². The molecular formula is C63H122O17P2. The highest BCUT2D eigenvalue weighted by atomic mass is 31.2. The number of phosphoric acid groups is 2. The van der Waals surface area contributed by atoms with Crippen LogP contribution in [0.3, 0.4) is 0 Å². The van der Waals surface area contributed by atoms with Crippen molar-refractivity contribution in [3.63, 3.8) is 0 Å². The van der Waals surface area contributed by atoms with Crippen molar-refractivity contribution in [3.8, 4) is 0 Å². The summed E-state index contributed by atoms with van der Waals surface area (Å²) in [6.07, 6.45) is 35.3. The van der Waals surface area contributed by atoms with Crippen LogP contribution in [-0.4, -0.2) is 96.7 Å². The number of rotatable bonds is 61. The van der Waals surface area contributed by atoms with Crippen molar-refractivity contribution in [1.29, 1.82) is 0 Å². The second-order valence-electron chi connectivity index (χ2n) is 24.2.